The van der Waals surface area contributed by atoms with Crippen molar-refractivity contribution in [2.24, 2.45) is 0 Å². The van der Waals surface area contributed by atoms with Gasteiger partial charge in [0.1, 0.15) is 12.1 Å². The van der Waals surface area contributed by atoms with Crippen LogP contribution >= 0.6 is 0 Å². The Morgan fingerprint density at radius 3 is 2.50 bits per heavy atom. The zero-order valence-electron chi connectivity index (χ0n) is 11.9. The van der Waals surface area contributed by atoms with Gasteiger partial charge in [0.2, 0.25) is 11.8 Å². The molecule has 0 bridgehead atoms. The predicted octanol–water partition coefficient (Wildman–Crippen LogP) is 2.04. The molecule has 20 heavy (non-hydrogen) atoms. The van der Waals surface area contributed by atoms with Crippen molar-refractivity contribution in [3.63, 3.8) is 0 Å². The van der Waals surface area contributed by atoms with Gasteiger partial charge in [-0.25, -0.2) is 0 Å². The minimum absolute atomic E-state index is 0.0380. The molecule has 2 unspecified atom stereocenters. The van der Waals surface area contributed by atoms with E-state index >= 15 is 0 Å². The first-order valence-corrected chi connectivity index (χ1v) is 6.84. The van der Waals surface area contributed by atoms with E-state index < -0.39 is 12.1 Å². The smallest absolute Gasteiger partial charge is 0.248 e. The maximum absolute atomic E-state index is 12.5. The molecule has 4 nitrogen and oxygen atoms in total. The van der Waals surface area contributed by atoms with Gasteiger partial charge in [-0.15, -0.1) is 0 Å². The zero-order chi connectivity index (χ0) is 14.7. The molecule has 1 N–H and O–H groups in total. The Bertz CT molecular complexity index is 525. The van der Waals surface area contributed by atoms with E-state index in [0.717, 1.165) is 11.1 Å². The number of amides is 2. The van der Waals surface area contributed by atoms with Crippen LogP contribution in [0.25, 0.3) is 0 Å². The molecular formula is C16H20N2O2. The van der Waals surface area contributed by atoms with E-state index in [9.17, 15) is 9.59 Å². The second-order valence-corrected chi connectivity index (χ2v) is 5.21. The molecule has 1 aromatic carbocycles. The average Bonchev–Trinajstić information content (AvgIpc) is 2.43. The van der Waals surface area contributed by atoms with E-state index in [4.69, 9.17) is 0 Å². The Balaban J connectivity index is 2.38. The monoisotopic (exact) mass is 272 g/mol. The summed E-state index contributed by atoms with van der Waals surface area (Å²) in [7, 11) is 0. The number of benzene rings is 1. The fourth-order valence-corrected chi connectivity index (χ4v) is 2.48. The summed E-state index contributed by atoms with van der Waals surface area (Å²) in [5.74, 6) is -0.159. The van der Waals surface area contributed by atoms with Crippen LogP contribution in [-0.4, -0.2) is 29.3 Å². The molecule has 1 saturated heterocycles. The molecule has 2 amide bonds. The van der Waals surface area contributed by atoms with E-state index in [1.165, 1.54) is 0 Å². The Labute approximate surface area is 119 Å². The molecular weight excluding hydrogens is 252 g/mol. The molecule has 1 aliphatic rings. The third-order valence-electron chi connectivity index (χ3n) is 3.42. The van der Waals surface area contributed by atoms with Gasteiger partial charge in [-0.2, -0.15) is 0 Å². The third kappa shape index (κ3) is 2.74. The number of carbonyl (C=O) groups is 2. The van der Waals surface area contributed by atoms with Crippen molar-refractivity contribution in [2.75, 3.05) is 6.54 Å². The highest BCUT2D eigenvalue weighted by atomic mass is 16.2. The minimum atomic E-state index is -0.566. The lowest BCUT2D eigenvalue weighted by Gasteiger charge is -2.39. The number of hydrogen-bond donors (Lipinski definition) is 1. The van der Waals surface area contributed by atoms with E-state index in [0.29, 0.717) is 13.0 Å². The van der Waals surface area contributed by atoms with Crippen molar-refractivity contribution in [2.45, 2.75) is 32.4 Å². The molecule has 1 fully saturated rings. The SMILES string of the molecule is C=C(C)CN1C(=O)C(CC)NC(=O)C1c1ccccc1. The molecule has 0 radical (unpaired) electrons. The molecule has 0 saturated carbocycles. The van der Waals surface area contributed by atoms with Crippen LogP contribution in [0.4, 0.5) is 0 Å². The van der Waals surface area contributed by atoms with Crippen LogP contribution in [0.2, 0.25) is 0 Å². The van der Waals surface area contributed by atoms with E-state index in [2.05, 4.69) is 11.9 Å². The lowest BCUT2D eigenvalue weighted by molar-refractivity contribution is -0.149. The normalized spacial score (nSPS) is 22.6. The number of carbonyl (C=O) groups excluding carboxylic acids is 2. The summed E-state index contributed by atoms with van der Waals surface area (Å²) in [5, 5.41) is 2.81. The van der Waals surface area contributed by atoms with Crippen LogP contribution in [-0.2, 0) is 9.59 Å². The van der Waals surface area contributed by atoms with Gasteiger partial charge < -0.3 is 10.2 Å². The van der Waals surface area contributed by atoms with E-state index in [-0.39, 0.29) is 11.8 Å². The summed E-state index contributed by atoms with van der Waals surface area (Å²) in [4.78, 5) is 26.5. The van der Waals surface area contributed by atoms with Crippen LogP contribution < -0.4 is 5.32 Å². The fraction of sp³-hybridized carbons (Fsp3) is 0.375. The first kappa shape index (κ1) is 14.3. The fourth-order valence-electron chi connectivity index (χ4n) is 2.48. The van der Waals surface area contributed by atoms with Gasteiger partial charge >= 0.3 is 0 Å². The molecule has 0 spiro atoms. The number of nitrogens with one attached hydrogen (secondary N) is 1. The molecule has 2 rings (SSSR count). The Kier molecular flexibility index (Phi) is 4.23. The largest absolute Gasteiger partial charge is 0.342 e. The lowest BCUT2D eigenvalue weighted by Crippen LogP contribution is -2.59. The number of rotatable bonds is 4. The highest BCUT2D eigenvalue weighted by molar-refractivity contribution is 5.97. The maximum atomic E-state index is 12.5. The van der Waals surface area contributed by atoms with Crippen molar-refractivity contribution in [3.05, 3.63) is 48.0 Å². The number of piperazine rings is 1. The summed E-state index contributed by atoms with van der Waals surface area (Å²) in [6, 6.07) is 8.38. The second kappa shape index (κ2) is 5.90. The van der Waals surface area contributed by atoms with Gasteiger partial charge in [0.05, 0.1) is 0 Å². The van der Waals surface area contributed by atoms with Crippen LogP contribution in [0.15, 0.2) is 42.5 Å². The first-order valence-electron chi connectivity index (χ1n) is 6.84. The average molecular weight is 272 g/mol. The lowest BCUT2D eigenvalue weighted by atomic mass is 9.98. The van der Waals surface area contributed by atoms with Gasteiger partial charge in [0, 0.05) is 6.54 Å². The van der Waals surface area contributed by atoms with Crippen molar-refractivity contribution in [1.82, 2.24) is 10.2 Å². The summed E-state index contributed by atoms with van der Waals surface area (Å²) < 4.78 is 0. The molecule has 1 aliphatic heterocycles. The highest BCUT2D eigenvalue weighted by Gasteiger charge is 2.40. The Morgan fingerprint density at radius 2 is 1.95 bits per heavy atom. The number of hydrogen-bond acceptors (Lipinski definition) is 2. The molecule has 1 aromatic rings. The molecule has 2 atom stereocenters. The number of nitrogens with zero attached hydrogens (tertiary/aromatic N) is 1. The highest BCUT2D eigenvalue weighted by Crippen LogP contribution is 2.26. The second-order valence-electron chi connectivity index (χ2n) is 5.21. The Morgan fingerprint density at radius 1 is 1.30 bits per heavy atom. The van der Waals surface area contributed by atoms with Crippen LogP contribution in [0.5, 0.6) is 0 Å². The van der Waals surface area contributed by atoms with Crippen LogP contribution in [0.1, 0.15) is 31.9 Å². The van der Waals surface area contributed by atoms with E-state index in [1.54, 1.807) is 4.90 Å². The molecule has 4 heteroatoms. The van der Waals surface area contributed by atoms with Gasteiger partial charge in [-0.3, -0.25) is 9.59 Å². The summed E-state index contributed by atoms with van der Waals surface area (Å²) in [5.41, 5.74) is 1.69. The molecule has 1 heterocycles. The van der Waals surface area contributed by atoms with Gasteiger partial charge in [0.15, 0.2) is 0 Å². The quantitative estimate of drug-likeness (QED) is 0.853. The maximum Gasteiger partial charge on any atom is 0.248 e. The van der Waals surface area contributed by atoms with Gasteiger partial charge in [-0.05, 0) is 18.9 Å². The minimum Gasteiger partial charge on any atom is -0.342 e. The first-order chi connectivity index (χ1) is 9.54. The van der Waals surface area contributed by atoms with Crippen LogP contribution in [0, 0.1) is 0 Å². The summed E-state index contributed by atoms with van der Waals surface area (Å²) >= 11 is 0. The third-order valence-corrected chi connectivity index (χ3v) is 3.42. The standard InChI is InChI=1S/C16H20N2O2/c1-4-13-16(20)18(10-11(2)3)14(15(19)17-13)12-8-6-5-7-9-12/h5-9,13-14H,2,4,10H2,1,3H3,(H,17,19). The van der Waals surface area contributed by atoms with Gasteiger partial charge in [-0.1, -0.05) is 49.4 Å². The van der Waals surface area contributed by atoms with Crippen LogP contribution in [0.3, 0.4) is 0 Å². The predicted molar refractivity (Wildman–Crippen MR) is 77.9 cm³/mol. The Hall–Kier alpha value is -2.10. The van der Waals surface area contributed by atoms with Crippen molar-refractivity contribution in [1.29, 1.82) is 0 Å². The van der Waals surface area contributed by atoms with Crippen molar-refractivity contribution < 1.29 is 9.59 Å². The molecule has 106 valence electrons. The molecule has 0 aliphatic carbocycles. The van der Waals surface area contributed by atoms with Crippen molar-refractivity contribution >= 4 is 11.8 Å². The zero-order valence-corrected chi connectivity index (χ0v) is 11.9. The molecule has 0 aromatic heterocycles. The summed E-state index contributed by atoms with van der Waals surface area (Å²) in [6.45, 7) is 8.02. The van der Waals surface area contributed by atoms with Crippen molar-refractivity contribution in [3.8, 4) is 0 Å². The van der Waals surface area contributed by atoms with Gasteiger partial charge in [0.25, 0.3) is 0 Å². The topological polar surface area (TPSA) is 49.4 Å². The van der Waals surface area contributed by atoms with E-state index in [1.807, 2.05) is 44.2 Å². The summed E-state index contributed by atoms with van der Waals surface area (Å²) in [6.07, 6.45) is 0.596.